The first kappa shape index (κ1) is 20.1. The second-order valence-corrected chi connectivity index (χ2v) is 9.12. The molecule has 2 heterocycles. The lowest BCUT2D eigenvalue weighted by Crippen LogP contribution is -2.49. The Kier molecular flexibility index (Phi) is 5.93. The molecule has 1 aliphatic heterocycles. The number of amides is 1. The average Bonchev–Trinajstić information content (AvgIpc) is 3.60. The second kappa shape index (κ2) is 9.14. The van der Waals surface area contributed by atoms with Crippen LogP contribution in [0, 0.1) is 0 Å². The van der Waals surface area contributed by atoms with Crippen LogP contribution in [-0.4, -0.2) is 57.5 Å². The number of para-hydroxylation sites is 1. The average molecular weight is 434 g/mol. The number of carbonyl (C=O) groups is 1. The molecule has 6 nitrogen and oxygen atoms in total. The normalized spacial score (nSPS) is 16.5. The zero-order valence-corrected chi connectivity index (χ0v) is 18.4. The summed E-state index contributed by atoms with van der Waals surface area (Å²) in [7, 11) is 0. The van der Waals surface area contributed by atoms with Crippen molar-refractivity contribution in [1.82, 2.24) is 19.7 Å². The van der Waals surface area contributed by atoms with E-state index in [1.165, 1.54) is 35.9 Å². The van der Waals surface area contributed by atoms with Crippen LogP contribution in [-0.2, 0) is 11.3 Å². The number of thioether (sulfide) groups is 1. The molecule has 7 heteroatoms. The monoisotopic (exact) mass is 433 g/mol. The molecule has 3 aromatic rings. The number of aromatic nitrogens is 3. The number of hydrogen-bond acceptors (Lipinski definition) is 5. The molecule has 1 amide bonds. The van der Waals surface area contributed by atoms with Crippen molar-refractivity contribution < 1.29 is 4.79 Å². The lowest BCUT2D eigenvalue weighted by molar-refractivity contribution is -0.128. The van der Waals surface area contributed by atoms with E-state index in [4.69, 9.17) is 0 Å². The predicted octanol–water partition coefficient (Wildman–Crippen LogP) is 3.64. The molecule has 1 aromatic heterocycles. The van der Waals surface area contributed by atoms with E-state index in [0.717, 1.165) is 43.7 Å². The van der Waals surface area contributed by atoms with Crippen molar-refractivity contribution in [3.05, 3.63) is 72.1 Å². The molecule has 0 bridgehead atoms. The smallest absolute Gasteiger partial charge is 0.233 e. The molecule has 0 spiro atoms. The van der Waals surface area contributed by atoms with E-state index in [0.29, 0.717) is 11.7 Å². The van der Waals surface area contributed by atoms with Gasteiger partial charge >= 0.3 is 0 Å². The third-order valence-electron chi connectivity index (χ3n) is 5.95. The van der Waals surface area contributed by atoms with Crippen LogP contribution >= 0.6 is 11.8 Å². The molecule has 0 radical (unpaired) electrons. The first-order chi connectivity index (χ1) is 15.3. The molecule has 160 valence electrons. The van der Waals surface area contributed by atoms with Gasteiger partial charge in [0.05, 0.1) is 12.3 Å². The number of rotatable bonds is 7. The van der Waals surface area contributed by atoms with Gasteiger partial charge in [-0.25, -0.2) is 0 Å². The first-order valence-corrected chi connectivity index (χ1v) is 11.9. The maximum Gasteiger partial charge on any atom is 0.233 e. The van der Waals surface area contributed by atoms with E-state index in [1.807, 2.05) is 17.0 Å². The fourth-order valence-electron chi connectivity index (χ4n) is 4.04. The highest BCUT2D eigenvalue weighted by Crippen LogP contribution is 2.40. The lowest BCUT2D eigenvalue weighted by Gasteiger charge is -2.36. The van der Waals surface area contributed by atoms with Gasteiger partial charge in [0, 0.05) is 37.8 Å². The third-order valence-corrected chi connectivity index (χ3v) is 6.90. The van der Waals surface area contributed by atoms with Gasteiger partial charge in [-0.15, -0.1) is 10.2 Å². The summed E-state index contributed by atoms with van der Waals surface area (Å²) in [5, 5.41) is 9.76. The van der Waals surface area contributed by atoms with Gasteiger partial charge in [0.2, 0.25) is 5.91 Å². The quantitative estimate of drug-likeness (QED) is 0.533. The van der Waals surface area contributed by atoms with Crippen molar-refractivity contribution in [2.45, 2.75) is 30.5 Å². The van der Waals surface area contributed by atoms with Crippen molar-refractivity contribution in [1.29, 1.82) is 0 Å². The molecule has 0 N–H and O–H groups in total. The minimum Gasteiger partial charge on any atom is -0.368 e. The summed E-state index contributed by atoms with van der Waals surface area (Å²) in [6.45, 7) is 4.02. The van der Waals surface area contributed by atoms with Crippen molar-refractivity contribution in [2.24, 2.45) is 0 Å². The van der Waals surface area contributed by atoms with Crippen LogP contribution in [0.3, 0.4) is 0 Å². The van der Waals surface area contributed by atoms with Gasteiger partial charge in [0.25, 0.3) is 0 Å². The zero-order chi connectivity index (χ0) is 21.0. The van der Waals surface area contributed by atoms with Crippen LogP contribution < -0.4 is 4.90 Å². The van der Waals surface area contributed by atoms with Gasteiger partial charge in [0.1, 0.15) is 5.82 Å². The Bertz CT molecular complexity index is 1010. The van der Waals surface area contributed by atoms with E-state index in [9.17, 15) is 4.79 Å². The second-order valence-electron chi connectivity index (χ2n) is 8.18. The summed E-state index contributed by atoms with van der Waals surface area (Å²) in [6, 6.07) is 20.8. The highest BCUT2D eigenvalue weighted by atomic mass is 32.2. The molecule has 1 aliphatic carbocycles. The van der Waals surface area contributed by atoms with Gasteiger partial charge in [0.15, 0.2) is 5.16 Å². The molecular formula is C24H27N5OS. The first-order valence-electron chi connectivity index (χ1n) is 11.0. The zero-order valence-electron chi connectivity index (χ0n) is 17.6. The molecule has 0 atom stereocenters. The fraction of sp³-hybridized carbons (Fsp3) is 0.375. The number of hydrogen-bond donors (Lipinski definition) is 0. The van der Waals surface area contributed by atoms with Crippen LogP contribution in [0.1, 0.15) is 30.1 Å². The summed E-state index contributed by atoms with van der Waals surface area (Å²) in [6.07, 6.45) is 2.37. The fourth-order valence-corrected chi connectivity index (χ4v) is 4.88. The molecule has 2 aliphatic rings. The van der Waals surface area contributed by atoms with Crippen molar-refractivity contribution in [3.8, 4) is 0 Å². The standard InChI is InChI=1S/C24H27N5OS/c30-22(28-15-13-27(14-16-28)21-9-5-2-6-10-21)18-31-24-26-25-23(20-11-12-20)29(24)17-19-7-3-1-4-8-19/h1-10,20H,11-18H2. The Labute approximate surface area is 187 Å². The van der Waals surface area contributed by atoms with Crippen LogP contribution in [0.5, 0.6) is 0 Å². The van der Waals surface area contributed by atoms with E-state index in [1.54, 1.807) is 0 Å². The molecule has 2 aromatic carbocycles. The Morgan fingerprint density at radius 3 is 2.26 bits per heavy atom. The Hall–Kier alpha value is -2.80. The Morgan fingerprint density at radius 1 is 0.903 bits per heavy atom. The van der Waals surface area contributed by atoms with Gasteiger partial charge in [-0.3, -0.25) is 4.79 Å². The highest BCUT2D eigenvalue weighted by Gasteiger charge is 2.31. The molecule has 0 unspecified atom stereocenters. The molecule has 31 heavy (non-hydrogen) atoms. The highest BCUT2D eigenvalue weighted by molar-refractivity contribution is 7.99. The summed E-state index contributed by atoms with van der Waals surface area (Å²) in [5.41, 5.74) is 2.46. The minimum atomic E-state index is 0.181. The van der Waals surface area contributed by atoms with Crippen LogP contribution in [0.4, 0.5) is 5.69 Å². The number of benzene rings is 2. The molecular weight excluding hydrogens is 406 g/mol. The summed E-state index contributed by atoms with van der Waals surface area (Å²) in [4.78, 5) is 17.2. The summed E-state index contributed by atoms with van der Waals surface area (Å²) in [5.74, 6) is 2.17. The largest absolute Gasteiger partial charge is 0.368 e. The Balaban J connectivity index is 1.20. The predicted molar refractivity (Wildman–Crippen MR) is 124 cm³/mol. The molecule has 1 saturated carbocycles. The van der Waals surface area contributed by atoms with Gasteiger partial charge in [-0.05, 0) is 30.5 Å². The number of anilines is 1. The minimum absolute atomic E-state index is 0.181. The lowest BCUT2D eigenvalue weighted by atomic mass is 10.2. The van der Waals surface area contributed by atoms with Crippen molar-refractivity contribution in [3.63, 3.8) is 0 Å². The van der Waals surface area contributed by atoms with Gasteiger partial charge < -0.3 is 14.4 Å². The van der Waals surface area contributed by atoms with Crippen LogP contribution in [0.15, 0.2) is 65.8 Å². The number of piperazine rings is 1. The summed E-state index contributed by atoms with van der Waals surface area (Å²) >= 11 is 1.52. The van der Waals surface area contributed by atoms with Crippen LogP contribution in [0.25, 0.3) is 0 Å². The SMILES string of the molecule is O=C(CSc1nnc(C2CC2)n1Cc1ccccc1)N1CCN(c2ccccc2)CC1. The number of nitrogens with zero attached hydrogens (tertiary/aromatic N) is 5. The molecule has 5 rings (SSSR count). The Morgan fingerprint density at radius 2 is 1.58 bits per heavy atom. The molecule has 1 saturated heterocycles. The van der Waals surface area contributed by atoms with Crippen molar-refractivity contribution >= 4 is 23.4 Å². The van der Waals surface area contributed by atoms with Gasteiger partial charge in [-0.1, -0.05) is 60.3 Å². The van der Waals surface area contributed by atoms with E-state index < -0.39 is 0 Å². The maximum absolute atomic E-state index is 12.9. The van der Waals surface area contributed by atoms with E-state index in [-0.39, 0.29) is 5.91 Å². The third kappa shape index (κ3) is 4.77. The summed E-state index contributed by atoms with van der Waals surface area (Å²) < 4.78 is 2.21. The van der Waals surface area contributed by atoms with E-state index >= 15 is 0 Å². The van der Waals surface area contributed by atoms with Gasteiger partial charge in [-0.2, -0.15) is 0 Å². The van der Waals surface area contributed by atoms with Crippen LogP contribution in [0.2, 0.25) is 0 Å². The van der Waals surface area contributed by atoms with E-state index in [2.05, 4.69) is 68.2 Å². The number of carbonyl (C=O) groups excluding carboxylic acids is 1. The maximum atomic E-state index is 12.9. The molecule has 2 fully saturated rings. The topological polar surface area (TPSA) is 54.3 Å². The van der Waals surface area contributed by atoms with Crippen molar-refractivity contribution in [2.75, 3.05) is 36.8 Å².